The van der Waals surface area contributed by atoms with E-state index in [0.29, 0.717) is 11.7 Å². The molecule has 7 heteroatoms. The summed E-state index contributed by atoms with van der Waals surface area (Å²) in [6.07, 6.45) is 9.58. The molecule has 182 valence electrons. The van der Waals surface area contributed by atoms with Crippen LogP contribution < -0.4 is 15.2 Å². The first-order chi connectivity index (χ1) is 17.0. The lowest BCUT2D eigenvalue weighted by Crippen LogP contribution is -2.39. The van der Waals surface area contributed by atoms with Crippen molar-refractivity contribution in [2.24, 2.45) is 0 Å². The van der Waals surface area contributed by atoms with Gasteiger partial charge < -0.3 is 14.6 Å². The highest BCUT2D eigenvalue weighted by molar-refractivity contribution is 5.82. The number of H-pyrrole nitrogens is 1. The number of nitrogens with zero attached hydrogens (tertiary/aromatic N) is 4. The average molecular weight is 472 g/mol. The standard InChI is InChI=1S/C28H33N5O2/c1-4-5-20-17-29-28(30-18-20)32-11-8-23(9-12-32)35-24-10-13-33(27(34)16-24)22-6-7-25-21(14-22)15-26(31-25)19(2)3/h6-7,10,13-19,23,31H,4-5,8-9,11-12H2,1-3H3. The van der Waals surface area contributed by atoms with E-state index in [2.05, 4.69) is 46.7 Å². The number of rotatable bonds is 7. The van der Waals surface area contributed by atoms with E-state index in [9.17, 15) is 4.79 Å². The molecule has 0 saturated carbocycles. The van der Waals surface area contributed by atoms with Crippen LogP contribution in [0.1, 0.15) is 57.2 Å². The van der Waals surface area contributed by atoms with Gasteiger partial charge in [0, 0.05) is 72.9 Å². The Kier molecular flexibility index (Phi) is 6.57. The third-order valence-electron chi connectivity index (χ3n) is 6.67. The first-order valence-electron chi connectivity index (χ1n) is 12.6. The summed E-state index contributed by atoms with van der Waals surface area (Å²) < 4.78 is 7.84. The van der Waals surface area contributed by atoms with Gasteiger partial charge >= 0.3 is 0 Å². The van der Waals surface area contributed by atoms with Crippen molar-refractivity contribution >= 4 is 16.9 Å². The number of aryl methyl sites for hydroxylation is 1. The Balaban J connectivity index is 1.23. The molecule has 7 nitrogen and oxygen atoms in total. The van der Waals surface area contributed by atoms with E-state index in [0.717, 1.165) is 61.3 Å². The number of nitrogens with one attached hydrogen (secondary N) is 1. The molecule has 1 fully saturated rings. The first kappa shape index (κ1) is 23.1. The Morgan fingerprint density at radius 1 is 1.09 bits per heavy atom. The van der Waals surface area contributed by atoms with E-state index in [1.807, 2.05) is 36.7 Å². The lowest BCUT2D eigenvalue weighted by atomic mass is 10.1. The van der Waals surface area contributed by atoms with Crippen LogP contribution >= 0.6 is 0 Å². The van der Waals surface area contributed by atoms with Crippen LogP contribution in [0.4, 0.5) is 5.95 Å². The maximum absolute atomic E-state index is 12.9. The Bertz CT molecular complexity index is 1350. The summed E-state index contributed by atoms with van der Waals surface area (Å²) in [6, 6.07) is 11.7. The van der Waals surface area contributed by atoms with Crippen LogP contribution in [0.2, 0.25) is 0 Å². The lowest BCUT2D eigenvalue weighted by molar-refractivity contribution is 0.170. The monoisotopic (exact) mass is 471 g/mol. The van der Waals surface area contributed by atoms with Gasteiger partial charge in [-0.2, -0.15) is 0 Å². The van der Waals surface area contributed by atoms with Crippen molar-refractivity contribution in [1.82, 2.24) is 19.5 Å². The predicted molar refractivity (Wildman–Crippen MR) is 140 cm³/mol. The molecule has 0 atom stereocenters. The molecule has 0 amide bonds. The largest absolute Gasteiger partial charge is 0.490 e. The van der Waals surface area contributed by atoms with Crippen LogP contribution in [-0.4, -0.2) is 38.7 Å². The van der Waals surface area contributed by atoms with Gasteiger partial charge in [0.15, 0.2) is 0 Å². The van der Waals surface area contributed by atoms with Crippen molar-refractivity contribution in [1.29, 1.82) is 0 Å². The van der Waals surface area contributed by atoms with Crippen molar-refractivity contribution < 1.29 is 4.74 Å². The number of ether oxygens (including phenoxy) is 1. The highest BCUT2D eigenvalue weighted by Crippen LogP contribution is 2.24. The second-order valence-corrected chi connectivity index (χ2v) is 9.67. The first-order valence-corrected chi connectivity index (χ1v) is 12.6. The average Bonchev–Trinajstić information content (AvgIpc) is 3.29. The highest BCUT2D eigenvalue weighted by atomic mass is 16.5. The normalized spacial score (nSPS) is 14.7. The number of fused-ring (bicyclic) bond motifs is 1. The summed E-state index contributed by atoms with van der Waals surface area (Å²) in [6.45, 7) is 8.16. The molecule has 1 aliphatic rings. The van der Waals surface area contributed by atoms with E-state index >= 15 is 0 Å². The van der Waals surface area contributed by atoms with Crippen LogP contribution in [0.5, 0.6) is 5.75 Å². The molecular formula is C28H33N5O2. The summed E-state index contributed by atoms with van der Waals surface area (Å²) in [5.74, 6) is 1.83. The molecule has 35 heavy (non-hydrogen) atoms. The molecule has 1 aliphatic heterocycles. The van der Waals surface area contributed by atoms with Gasteiger partial charge in [-0.25, -0.2) is 9.97 Å². The molecule has 0 spiro atoms. The topological polar surface area (TPSA) is 76.0 Å². The summed E-state index contributed by atoms with van der Waals surface area (Å²) in [7, 11) is 0. The van der Waals surface area contributed by atoms with Crippen LogP contribution in [0.25, 0.3) is 16.6 Å². The Hall–Kier alpha value is -3.61. The second-order valence-electron chi connectivity index (χ2n) is 9.67. The number of pyridine rings is 1. The summed E-state index contributed by atoms with van der Waals surface area (Å²) in [4.78, 5) is 27.6. The van der Waals surface area contributed by atoms with Crippen molar-refractivity contribution in [3.05, 3.63) is 76.6 Å². The van der Waals surface area contributed by atoms with E-state index in [1.165, 1.54) is 11.3 Å². The minimum Gasteiger partial charge on any atom is -0.490 e. The lowest BCUT2D eigenvalue weighted by Gasteiger charge is -2.32. The number of aromatic nitrogens is 4. The number of aromatic amines is 1. The molecule has 4 heterocycles. The molecule has 1 saturated heterocycles. The molecular weight excluding hydrogens is 438 g/mol. The minimum absolute atomic E-state index is 0.0755. The number of hydrogen-bond acceptors (Lipinski definition) is 5. The third kappa shape index (κ3) is 5.09. The zero-order valence-electron chi connectivity index (χ0n) is 20.7. The van der Waals surface area contributed by atoms with Crippen molar-refractivity contribution in [3.8, 4) is 11.4 Å². The molecule has 0 unspecified atom stereocenters. The van der Waals surface area contributed by atoms with Crippen molar-refractivity contribution in [2.45, 2.75) is 58.5 Å². The fourth-order valence-corrected chi connectivity index (χ4v) is 4.65. The SMILES string of the molecule is CCCc1cnc(N2CCC(Oc3ccn(-c4ccc5[nH]c(C(C)C)cc5c4)c(=O)c3)CC2)nc1. The molecule has 4 aromatic rings. The zero-order chi connectivity index (χ0) is 24.4. The van der Waals surface area contributed by atoms with Gasteiger partial charge in [0.1, 0.15) is 11.9 Å². The van der Waals surface area contributed by atoms with Crippen molar-refractivity contribution in [3.63, 3.8) is 0 Å². The second kappa shape index (κ2) is 9.94. The number of anilines is 1. The van der Waals surface area contributed by atoms with Crippen LogP contribution in [0.3, 0.4) is 0 Å². The maximum Gasteiger partial charge on any atom is 0.258 e. The fraction of sp³-hybridized carbons (Fsp3) is 0.393. The molecule has 3 aromatic heterocycles. The van der Waals surface area contributed by atoms with Gasteiger partial charge in [-0.05, 0) is 48.2 Å². The fourth-order valence-electron chi connectivity index (χ4n) is 4.65. The summed E-state index contributed by atoms with van der Waals surface area (Å²) >= 11 is 0. The third-order valence-corrected chi connectivity index (χ3v) is 6.67. The minimum atomic E-state index is -0.0977. The maximum atomic E-state index is 12.9. The van der Waals surface area contributed by atoms with E-state index in [4.69, 9.17) is 4.74 Å². The van der Waals surface area contributed by atoms with Crippen LogP contribution in [0, 0.1) is 0 Å². The van der Waals surface area contributed by atoms with Gasteiger partial charge in [-0.3, -0.25) is 9.36 Å². The Morgan fingerprint density at radius 3 is 2.54 bits per heavy atom. The number of benzene rings is 1. The Morgan fingerprint density at radius 2 is 1.86 bits per heavy atom. The molecule has 1 aromatic carbocycles. The molecule has 0 radical (unpaired) electrons. The van der Waals surface area contributed by atoms with Gasteiger partial charge in [0.2, 0.25) is 5.95 Å². The molecule has 5 rings (SSSR count). The zero-order valence-corrected chi connectivity index (χ0v) is 20.7. The summed E-state index contributed by atoms with van der Waals surface area (Å²) in [5, 5.41) is 1.11. The van der Waals surface area contributed by atoms with Gasteiger partial charge in [0.25, 0.3) is 5.56 Å². The molecule has 0 bridgehead atoms. The van der Waals surface area contributed by atoms with Gasteiger partial charge in [-0.15, -0.1) is 0 Å². The summed E-state index contributed by atoms with van der Waals surface area (Å²) in [5.41, 5.74) is 4.21. The van der Waals surface area contributed by atoms with Gasteiger partial charge in [-0.1, -0.05) is 27.2 Å². The number of piperidine rings is 1. The van der Waals surface area contributed by atoms with E-state index < -0.39 is 0 Å². The molecule has 1 N–H and O–H groups in total. The van der Waals surface area contributed by atoms with Gasteiger partial charge in [0.05, 0.1) is 0 Å². The highest BCUT2D eigenvalue weighted by Gasteiger charge is 2.22. The van der Waals surface area contributed by atoms with Crippen LogP contribution in [-0.2, 0) is 6.42 Å². The quantitative estimate of drug-likeness (QED) is 0.399. The van der Waals surface area contributed by atoms with Crippen molar-refractivity contribution in [2.75, 3.05) is 18.0 Å². The number of hydrogen-bond donors (Lipinski definition) is 1. The Labute approximate surface area is 205 Å². The van der Waals surface area contributed by atoms with E-state index in [1.54, 1.807) is 16.8 Å². The van der Waals surface area contributed by atoms with E-state index in [-0.39, 0.29) is 11.7 Å². The predicted octanol–water partition coefficient (Wildman–Crippen LogP) is 5.23. The smallest absolute Gasteiger partial charge is 0.258 e. The molecule has 0 aliphatic carbocycles. The van der Waals surface area contributed by atoms with Crippen LogP contribution in [0.15, 0.2) is 59.8 Å².